The molecular formula is C24H27N2NaO7S. The second-order valence-corrected chi connectivity index (χ2v) is 11.0. The fourth-order valence-corrected chi connectivity index (χ4v) is 7.87. The molecule has 2 amide bonds. The zero-order chi connectivity index (χ0) is 24.5. The standard InChI is InChI=1S/C24H28N2O7S.Na/c1-14(27)23(13-25(15(2)28)33-11-16-7-5-4-6-8-16)21(31)26-18(20(29)30)19-22(3,34-19)24(23,26)17-9-10-32-12-17;/h4-8,14,17,27H,9-13H2,1-3H3,(H,29,30);/q;+1/p-1. The molecule has 0 aromatic heterocycles. The Morgan fingerprint density at radius 3 is 2.60 bits per heavy atom. The number of hydrogen-bond donors (Lipinski definition) is 1. The number of carboxylic acid groups (broad SMARTS) is 1. The fraction of sp³-hybridized carbons (Fsp3) is 0.542. The molecule has 4 aliphatic heterocycles. The molecule has 9 nitrogen and oxygen atoms in total. The molecule has 0 spiro atoms. The van der Waals surface area contributed by atoms with E-state index in [9.17, 15) is 24.6 Å². The fourth-order valence-electron chi connectivity index (χ4n) is 6.39. The first-order valence-corrected chi connectivity index (χ1v) is 12.1. The van der Waals surface area contributed by atoms with Crippen LogP contribution in [-0.2, 0) is 30.6 Å². The van der Waals surface area contributed by atoms with Crippen LogP contribution in [0.25, 0.3) is 0 Å². The van der Waals surface area contributed by atoms with Crippen LogP contribution in [-0.4, -0.2) is 69.0 Å². The van der Waals surface area contributed by atoms with Crippen LogP contribution in [0.2, 0.25) is 0 Å². The van der Waals surface area contributed by atoms with Crippen LogP contribution in [0.5, 0.6) is 0 Å². The molecule has 1 N–H and O–H groups in total. The number of carbonyl (C=O) groups is 3. The molecule has 4 heterocycles. The van der Waals surface area contributed by atoms with Gasteiger partial charge in [0.15, 0.2) is 0 Å². The molecular weight excluding hydrogens is 483 g/mol. The van der Waals surface area contributed by atoms with Crippen molar-refractivity contribution in [1.82, 2.24) is 9.96 Å². The van der Waals surface area contributed by atoms with Crippen LogP contribution in [0.4, 0.5) is 0 Å². The Morgan fingerprint density at radius 2 is 2.06 bits per heavy atom. The first-order valence-electron chi connectivity index (χ1n) is 11.3. The van der Waals surface area contributed by atoms with Crippen LogP contribution >= 0.6 is 11.8 Å². The number of benzene rings is 1. The zero-order valence-electron chi connectivity index (χ0n) is 20.3. The Labute approximate surface area is 230 Å². The van der Waals surface area contributed by atoms with Gasteiger partial charge in [-0.15, -0.1) is 11.8 Å². The molecule has 5 rings (SSSR count). The maximum Gasteiger partial charge on any atom is 1.00 e. The molecule has 0 aliphatic carbocycles. The van der Waals surface area contributed by atoms with Gasteiger partial charge in [-0.2, -0.15) is 0 Å². The van der Waals surface area contributed by atoms with Crippen LogP contribution in [0.3, 0.4) is 0 Å². The minimum Gasteiger partial charge on any atom is -0.543 e. The first kappa shape index (κ1) is 26.7. The summed E-state index contributed by atoms with van der Waals surface area (Å²) in [6.45, 7) is 5.46. The van der Waals surface area contributed by atoms with E-state index in [1.165, 1.54) is 30.5 Å². The molecule has 5 unspecified atom stereocenters. The summed E-state index contributed by atoms with van der Waals surface area (Å²) in [5.41, 5.74) is -1.84. The van der Waals surface area contributed by atoms with Crippen molar-refractivity contribution in [3.8, 4) is 0 Å². The van der Waals surface area contributed by atoms with E-state index in [0.717, 1.165) is 10.6 Å². The molecule has 0 saturated carbocycles. The Morgan fingerprint density at radius 1 is 1.37 bits per heavy atom. The number of β-lactam (4-membered cyclic amide) rings is 1. The van der Waals surface area contributed by atoms with Crippen molar-refractivity contribution in [2.45, 2.75) is 50.2 Å². The van der Waals surface area contributed by atoms with Crippen LogP contribution in [0, 0.1) is 11.3 Å². The number of hydroxylamine groups is 2. The Hall–Kier alpha value is -1.40. The minimum atomic E-state index is -1.48. The monoisotopic (exact) mass is 510 g/mol. The van der Waals surface area contributed by atoms with Crippen molar-refractivity contribution in [3.63, 3.8) is 0 Å². The van der Waals surface area contributed by atoms with Crippen molar-refractivity contribution in [3.05, 3.63) is 46.5 Å². The molecule has 4 aliphatic rings. The summed E-state index contributed by atoms with van der Waals surface area (Å²) in [6.07, 6.45) is -0.577. The van der Waals surface area contributed by atoms with Crippen molar-refractivity contribution in [2.75, 3.05) is 19.8 Å². The minimum absolute atomic E-state index is 0. The number of ether oxygens (including phenoxy) is 1. The largest absolute Gasteiger partial charge is 1.00 e. The third-order valence-electron chi connectivity index (χ3n) is 7.88. The third-order valence-corrected chi connectivity index (χ3v) is 9.41. The second kappa shape index (κ2) is 9.16. The van der Waals surface area contributed by atoms with Gasteiger partial charge >= 0.3 is 29.6 Å². The number of thioether (sulfide) groups is 1. The van der Waals surface area contributed by atoms with Gasteiger partial charge in [-0.25, -0.2) is 5.06 Å². The molecule has 3 fully saturated rings. The molecule has 35 heavy (non-hydrogen) atoms. The summed E-state index contributed by atoms with van der Waals surface area (Å²) in [4.78, 5) is 46.3. The van der Waals surface area contributed by atoms with Crippen molar-refractivity contribution in [1.29, 1.82) is 0 Å². The van der Waals surface area contributed by atoms with E-state index in [0.29, 0.717) is 24.5 Å². The van der Waals surface area contributed by atoms with E-state index >= 15 is 0 Å². The first-order chi connectivity index (χ1) is 16.1. The van der Waals surface area contributed by atoms with E-state index in [2.05, 4.69) is 0 Å². The van der Waals surface area contributed by atoms with Gasteiger partial charge < -0.3 is 19.7 Å². The van der Waals surface area contributed by atoms with E-state index in [4.69, 9.17) is 9.57 Å². The summed E-state index contributed by atoms with van der Waals surface area (Å²) in [7, 11) is 0. The molecule has 0 radical (unpaired) electrons. The predicted octanol–water partition coefficient (Wildman–Crippen LogP) is -2.56. The SMILES string of the molecule is CC(=O)N(CC1(C(C)O)C(=O)N2C(C(=O)[O-])=C3SC3(C)C21C1CCOC1)OCc1ccccc1.[Na+]. The number of aliphatic hydroxyl groups is 1. The Kier molecular flexibility index (Phi) is 6.98. The number of carbonyl (C=O) groups excluding carboxylic acids is 3. The van der Waals surface area contributed by atoms with E-state index in [1.807, 2.05) is 37.3 Å². The smallest absolute Gasteiger partial charge is 0.543 e. The number of carboxylic acids is 1. The maximum absolute atomic E-state index is 13.8. The molecule has 182 valence electrons. The normalized spacial score (nSPS) is 33.4. The number of nitrogens with zero attached hydrogens (tertiary/aromatic N) is 2. The number of rotatable bonds is 8. The Balaban J connectivity index is 0.00000289. The molecule has 11 heteroatoms. The van der Waals surface area contributed by atoms with Crippen LogP contribution in [0.1, 0.15) is 32.8 Å². The van der Waals surface area contributed by atoms with Gasteiger partial charge in [0.2, 0.25) is 11.8 Å². The number of hydrogen-bond acceptors (Lipinski definition) is 8. The third kappa shape index (κ3) is 3.41. The second-order valence-electron chi connectivity index (χ2n) is 9.53. The molecule has 0 bridgehead atoms. The number of amides is 2. The number of aliphatic carboxylic acids is 1. The van der Waals surface area contributed by atoms with Gasteiger partial charge in [0.05, 0.1) is 41.2 Å². The van der Waals surface area contributed by atoms with Crippen LogP contribution < -0.4 is 34.7 Å². The van der Waals surface area contributed by atoms with Gasteiger partial charge in [-0.1, -0.05) is 30.3 Å². The number of fused-ring (bicyclic) bond motifs is 3. The Bertz CT molecular complexity index is 1090. The topological polar surface area (TPSA) is 119 Å². The maximum atomic E-state index is 13.8. The summed E-state index contributed by atoms with van der Waals surface area (Å²) >= 11 is 1.39. The van der Waals surface area contributed by atoms with Crippen molar-refractivity contribution >= 4 is 29.5 Å². The van der Waals surface area contributed by atoms with Gasteiger partial charge in [-0.3, -0.25) is 19.3 Å². The molecule has 1 aromatic carbocycles. The van der Waals surface area contributed by atoms with Gasteiger partial charge in [0.1, 0.15) is 12.0 Å². The van der Waals surface area contributed by atoms with E-state index in [1.54, 1.807) is 0 Å². The van der Waals surface area contributed by atoms with Gasteiger partial charge in [-0.05, 0) is 25.8 Å². The van der Waals surface area contributed by atoms with E-state index in [-0.39, 0.29) is 54.3 Å². The van der Waals surface area contributed by atoms with Crippen LogP contribution in [0.15, 0.2) is 40.9 Å². The summed E-state index contributed by atoms with van der Waals surface area (Å²) < 4.78 is 4.94. The average Bonchev–Trinajstić information content (AvgIpc) is 3.13. The van der Waals surface area contributed by atoms with Gasteiger partial charge in [0, 0.05) is 24.4 Å². The average molecular weight is 511 g/mol. The number of aliphatic hydroxyl groups excluding tert-OH is 1. The van der Waals surface area contributed by atoms with Gasteiger partial charge in [0.25, 0.3) is 0 Å². The van der Waals surface area contributed by atoms with Crippen molar-refractivity contribution < 1.29 is 63.7 Å². The predicted molar refractivity (Wildman–Crippen MR) is 119 cm³/mol. The van der Waals surface area contributed by atoms with E-state index < -0.39 is 39.6 Å². The molecule has 5 atom stereocenters. The summed E-state index contributed by atoms with van der Waals surface area (Å²) in [5, 5.41) is 24.4. The van der Waals surface area contributed by atoms with Crippen molar-refractivity contribution in [2.24, 2.45) is 11.3 Å². The molecule has 1 aromatic rings. The molecule has 3 saturated heterocycles. The summed E-state index contributed by atoms with van der Waals surface area (Å²) in [6, 6.07) is 9.30. The quantitative estimate of drug-likeness (QED) is 0.176. The zero-order valence-corrected chi connectivity index (χ0v) is 23.1. The summed E-state index contributed by atoms with van der Waals surface area (Å²) in [5.74, 6) is -2.59.